The van der Waals surface area contributed by atoms with Crippen LogP contribution in [0.5, 0.6) is 0 Å². The summed E-state index contributed by atoms with van der Waals surface area (Å²) in [6, 6.07) is 3.52. The van der Waals surface area contributed by atoms with Crippen molar-refractivity contribution in [3.8, 4) is 0 Å². The van der Waals surface area contributed by atoms with Crippen LogP contribution in [0, 0.1) is 0 Å². The number of hydrogen-bond acceptors (Lipinski definition) is 3. The Morgan fingerprint density at radius 1 is 1.50 bits per heavy atom. The van der Waals surface area contributed by atoms with Gasteiger partial charge in [-0.25, -0.2) is 4.79 Å². The Bertz CT molecular complexity index is 446. The number of methoxy groups -OCH3 is 1. The number of hydrogen-bond donors (Lipinski definition) is 1. The first-order valence-electron chi connectivity index (χ1n) is 4.87. The van der Waals surface area contributed by atoms with E-state index < -0.39 is 30.2 Å². The van der Waals surface area contributed by atoms with E-state index in [1.54, 1.807) is 0 Å². The Morgan fingerprint density at radius 3 is 2.61 bits per heavy atom. The van der Waals surface area contributed by atoms with Crippen molar-refractivity contribution in [1.29, 1.82) is 0 Å². The molecule has 3 nitrogen and oxygen atoms in total. The first-order valence-corrected chi connectivity index (χ1v) is 5.66. The third-order valence-electron chi connectivity index (χ3n) is 2.26. The summed E-state index contributed by atoms with van der Waals surface area (Å²) in [6.07, 6.45) is -6.61. The van der Waals surface area contributed by atoms with Gasteiger partial charge >= 0.3 is 12.1 Å². The molecule has 0 aliphatic rings. The van der Waals surface area contributed by atoms with Gasteiger partial charge in [0.25, 0.3) is 0 Å². The number of carbonyl (C=O) groups is 1. The maximum Gasteiger partial charge on any atom is 0.416 e. The zero-order valence-electron chi connectivity index (χ0n) is 9.29. The Hall–Kier alpha value is -1.08. The minimum Gasteiger partial charge on any atom is -0.467 e. The number of halogens is 4. The predicted molar refractivity (Wildman–Crippen MR) is 60.9 cm³/mol. The molecule has 0 saturated heterocycles. The fraction of sp³-hybridized carbons (Fsp3) is 0.364. The van der Waals surface area contributed by atoms with Gasteiger partial charge in [0.05, 0.1) is 12.7 Å². The van der Waals surface area contributed by atoms with Crippen LogP contribution in [0.1, 0.15) is 11.1 Å². The quantitative estimate of drug-likeness (QED) is 0.868. The van der Waals surface area contributed by atoms with Crippen LogP contribution < -0.4 is 0 Å². The van der Waals surface area contributed by atoms with E-state index in [-0.39, 0.29) is 10.0 Å². The summed E-state index contributed by atoms with van der Waals surface area (Å²) >= 11 is 2.94. The predicted octanol–water partition coefficient (Wildman–Crippen LogP) is 2.54. The molecule has 0 spiro atoms. The van der Waals surface area contributed by atoms with Crippen molar-refractivity contribution in [2.75, 3.05) is 7.11 Å². The standard InChI is InChI=1S/C11H10BrF3O3/c1-18-10(17)9(16)4-6-2-3-7(12)5-8(6)11(13,14)15/h2-3,5,9,16H,4H2,1H3. The van der Waals surface area contributed by atoms with E-state index in [9.17, 15) is 23.1 Å². The number of aliphatic hydroxyl groups excluding tert-OH is 1. The molecule has 0 bridgehead atoms. The van der Waals surface area contributed by atoms with Gasteiger partial charge in [0.15, 0.2) is 6.10 Å². The lowest BCUT2D eigenvalue weighted by Crippen LogP contribution is -2.25. The number of carbonyl (C=O) groups excluding carboxylic acids is 1. The molecule has 7 heteroatoms. The van der Waals surface area contributed by atoms with Crippen LogP contribution in [0.25, 0.3) is 0 Å². The van der Waals surface area contributed by atoms with Crippen molar-refractivity contribution >= 4 is 21.9 Å². The summed E-state index contributed by atoms with van der Waals surface area (Å²) in [4.78, 5) is 11.0. The molecule has 1 unspecified atom stereocenters. The first kappa shape index (κ1) is 15.0. The van der Waals surface area contributed by atoms with Gasteiger partial charge < -0.3 is 9.84 Å². The van der Waals surface area contributed by atoms with Crippen molar-refractivity contribution in [3.63, 3.8) is 0 Å². The van der Waals surface area contributed by atoms with E-state index in [0.717, 1.165) is 13.2 Å². The molecule has 0 heterocycles. The van der Waals surface area contributed by atoms with Crippen molar-refractivity contribution in [1.82, 2.24) is 0 Å². The van der Waals surface area contributed by atoms with Gasteiger partial charge in [-0.3, -0.25) is 0 Å². The first-order chi connectivity index (χ1) is 8.25. The van der Waals surface area contributed by atoms with Gasteiger partial charge in [-0.1, -0.05) is 22.0 Å². The van der Waals surface area contributed by atoms with E-state index in [1.807, 2.05) is 0 Å². The number of esters is 1. The van der Waals surface area contributed by atoms with E-state index in [2.05, 4.69) is 20.7 Å². The summed E-state index contributed by atoms with van der Waals surface area (Å²) in [5.74, 6) is -0.967. The van der Waals surface area contributed by atoms with Crippen LogP contribution in [0.3, 0.4) is 0 Å². The third-order valence-corrected chi connectivity index (χ3v) is 2.76. The van der Waals surface area contributed by atoms with Crippen molar-refractivity contribution in [2.45, 2.75) is 18.7 Å². The summed E-state index contributed by atoms with van der Waals surface area (Å²) in [7, 11) is 1.05. The van der Waals surface area contributed by atoms with Gasteiger partial charge in [-0.05, 0) is 17.7 Å². The number of rotatable bonds is 3. The molecule has 100 valence electrons. The number of benzene rings is 1. The molecule has 1 aromatic rings. The Morgan fingerprint density at radius 2 is 2.11 bits per heavy atom. The maximum atomic E-state index is 12.7. The number of aliphatic hydroxyl groups is 1. The highest BCUT2D eigenvalue weighted by Crippen LogP contribution is 2.34. The Balaban J connectivity index is 3.06. The maximum absolute atomic E-state index is 12.7. The number of alkyl halides is 3. The highest BCUT2D eigenvalue weighted by molar-refractivity contribution is 9.10. The second kappa shape index (κ2) is 5.71. The minimum atomic E-state index is -4.55. The highest BCUT2D eigenvalue weighted by atomic mass is 79.9. The average molecular weight is 327 g/mol. The molecule has 0 saturated carbocycles. The van der Waals surface area contributed by atoms with E-state index in [1.165, 1.54) is 12.1 Å². The fourth-order valence-corrected chi connectivity index (χ4v) is 1.78. The topological polar surface area (TPSA) is 46.5 Å². The Labute approximate surface area is 110 Å². The molecule has 0 aromatic heterocycles. The van der Waals surface area contributed by atoms with Gasteiger partial charge in [0.2, 0.25) is 0 Å². The third kappa shape index (κ3) is 3.71. The van der Waals surface area contributed by atoms with Gasteiger partial charge in [-0.2, -0.15) is 13.2 Å². The zero-order chi connectivity index (χ0) is 13.9. The van der Waals surface area contributed by atoms with Gasteiger partial charge in [-0.15, -0.1) is 0 Å². The molecule has 0 aliphatic carbocycles. The normalized spacial score (nSPS) is 13.2. The lowest BCUT2D eigenvalue weighted by molar-refractivity contribution is -0.151. The van der Waals surface area contributed by atoms with Crippen molar-refractivity contribution in [3.05, 3.63) is 33.8 Å². The lowest BCUT2D eigenvalue weighted by atomic mass is 10.0. The molecular formula is C11H10BrF3O3. The molecule has 0 amide bonds. The summed E-state index contributed by atoms with van der Waals surface area (Å²) in [6.45, 7) is 0. The van der Waals surface area contributed by atoms with Crippen LogP contribution in [-0.2, 0) is 22.1 Å². The number of ether oxygens (including phenoxy) is 1. The van der Waals surface area contributed by atoms with Crippen molar-refractivity contribution in [2.24, 2.45) is 0 Å². The van der Waals surface area contributed by atoms with Gasteiger partial charge in [0, 0.05) is 10.9 Å². The largest absolute Gasteiger partial charge is 0.467 e. The minimum absolute atomic E-state index is 0.163. The van der Waals surface area contributed by atoms with Crippen LogP contribution in [0.15, 0.2) is 22.7 Å². The molecule has 0 fully saturated rings. The van der Waals surface area contributed by atoms with E-state index in [0.29, 0.717) is 0 Å². The van der Waals surface area contributed by atoms with Crippen LogP contribution in [0.4, 0.5) is 13.2 Å². The van der Waals surface area contributed by atoms with Crippen LogP contribution in [-0.4, -0.2) is 24.3 Å². The molecule has 1 atom stereocenters. The van der Waals surface area contributed by atoms with Crippen molar-refractivity contribution < 1.29 is 27.8 Å². The van der Waals surface area contributed by atoms with Crippen LogP contribution in [0.2, 0.25) is 0 Å². The summed E-state index contributed by atoms with van der Waals surface area (Å²) in [5, 5.41) is 9.38. The SMILES string of the molecule is COC(=O)C(O)Cc1ccc(Br)cc1C(F)(F)F. The second-order valence-electron chi connectivity index (χ2n) is 3.54. The molecule has 1 aromatic carbocycles. The highest BCUT2D eigenvalue weighted by Gasteiger charge is 2.34. The molecular weight excluding hydrogens is 317 g/mol. The molecule has 18 heavy (non-hydrogen) atoms. The zero-order valence-corrected chi connectivity index (χ0v) is 10.9. The molecule has 0 aliphatic heterocycles. The smallest absolute Gasteiger partial charge is 0.416 e. The average Bonchev–Trinajstić information content (AvgIpc) is 2.28. The molecule has 1 rings (SSSR count). The fourth-order valence-electron chi connectivity index (χ4n) is 1.42. The molecule has 1 N–H and O–H groups in total. The monoisotopic (exact) mass is 326 g/mol. The summed E-state index contributed by atoms with van der Waals surface area (Å²) in [5.41, 5.74) is -1.05. The lowest BCUT2D eigenvalue weighted by Gasteiger charge is -2.15. The van der Waals surface area contributed by atoms with Gasteiger partial charge in [0.1, 0.15) is 0 Å². The van der Waals surface area contributed by atoms with E-state index in [4.69, 9.17) is 0 Å². The second-order valence-corrected chi connectivity index (χ2v) is 4.46. The summed E-state index contributed by atoms with van der Waals surface area (Å²) < 4.78 is 42.8. The van der Waals surface area contributed by atoms with E-state index >= 15 is 0 Å². The molecule has 0 radical (unpaired) electrons. The van der Waals surface area contributed by atoms with Crippen LogP contribution >= 0.6 is 15.9 Å². The Kier molecular flexibility index (Phi) is 4.75.